The topological polar surface area (TPSA) is 12.9 Å². The number of hydrogen-bond donors (Lipinski definition) is 0. The van der Waals surface area contributed by atoms with Gasteiger partial charge in [-0.25, -0.2) is 4.98 Å². The number of nitrogens with zero attached hydrogens (tertiary/aromatic N) is 1. The third-order valence-corrected chi connectivity index (χ3v) is 10.9. The van der Waals surface area contributed by atoms with E-state index in [1.807, 2.05) is 0 Å². The average Bonchev–Trinajstić information content (AvgIpc) is 3.57. The molecule has 0 saturated heterocycles. The normalized spacial score (nSPS) is 12.7. The molecule has 1 heteroatoms. The summed E-state index contributed by atoms with van der Waals surface area (Å²) in [6, 6.07) is 77.1. The van der Waals surface area contributed by atoms with Gasteiger partial charge < -0.3 is 0 Å². The van der Waals surface area contributed by atoms with E-state index in [1.54, 1.807) is 0 Å². The third-order valence-electron chi connectivity index (χ3n) is 10.9. The summed E-state index contributed by atoms with van der Waals surface area (Å²) < 4.78 is 0. The average molecular weight is 674 g/mol. The molecule has 0 bridgehead atoms. The van der Waals surface area contributed by atoms with E-state index in [1.165, 1.54) is 55.3 Å². The molecule has 1 nitrogen and oxygen atoms in total. The Hall–Kier alpha value is -6.83. The van der Waals surface area contributed by atoms with Crippen LogP contribution in [-0.2, 0) is 5.41 Å². The molecule has 1 heterocycles. The SMILES string of the molecule is c1ccc(-c2cc(-c3ccc(-c4cc5ccccc5c5c4-c4ccccc4C5(c4ccccc4)c4ccccc4)cc3)cc(-c3ccccc3)n2)cc1. The molecule has 10 rings (SSSR count). The summed E-state index contributed by atoms with van der Waals surface area (Å²) in [4.78, 5) is 5.12. The van der Waals surface area contributed by atoms with Gasteiger partial charge >= 0.3 is 0 Å². The number of hydrogen-bond acceptors (Lipinski definition) is 1. The Bertz CT molecular complexity index is 2640. The maximum absolute atomic E-state index is 5.12. The quantitative estimate of drug-likeness (QED) is 0.171. The Morgan fingerprint density at radius 2 is 0.830 bits per heavy atom. The predicted octanol–water partition coefficient (Wildman–Crippen LogP) is 13.3. The van der Waals surface area contributed by atoms with Crippen molar-refractivity contribution in [1.82, 2.24) is 4.98 Å². The van der Waals surface area contributed by atoms with Crippen LogP contribution in [0.3, 0.4) is 0 Å². The lowest BCUT2D eigenvalue weighted by atomic mass is 9.66. The van der Waals surface area contributed by atoms with E-state index in [9.17, 15) is 0 Å². The fourth-order valence-electron chi connectivity index (χ4n) is 8.60. The maximum atomic E-state index is 5.12. The van der Waals surface area contributed by atoms with Gasteiger partial charge in [-0.1, -0.05) is 194 Å². The van der Waals surface area contributed by atoms with E-state index in [-0.39, 0.29) is 0 Å². The molecular weight excluding hydrogens is 639 g/mol. The van der Waals surface area contributed by atoms with E-state index in [4.69, 9.17) is 4.98 Å². The van der Waals surface area contributed by atoms with E-state index in [0.29, 0.717) is 0 Å². The van der Waals surface area contributed by atoms with Gasteiger partial charge in [-0.2, -0.15) is 0 Å². The first kappa shape index (κ1) is 30.9. The number of benzene rings is 8. The maximum Gasteiger partial charge on any atom is 0.0719 e. The highest BCUT2D eigenvalue weighted by Crippen LogP contribution is 2.60. The van der Waals surface area contributed by atoms with Gasteiger partial charge in [0, 0.05) is 11.1 Å². The van der Waals surface area contributed by atoms with Crippen LogP contribution >= 0.6 is 0 Å². The summed E-state index contributed by atoms with van der Waals surface area (Å²) >= 11 is 0. The van der Waals surface area contributed by atoms with Crippen LogP contribution in [0.15, 0.2) is 212 Å². The lowest BCUT2D eigenvalue weighted by molar-refractivity contribution is 0.775. The second kappa shape index (κ2) is 12.7. The highest BCUT2D eigenvalue weighted by Gasteiger charge is 2.48. The molecule has 0 aliphatic heterocycles. The zero-order valence-corrected chi connectivity index (χ0v) is 29.2. The molecule has 0 amide bonds. The van der Waals surface area contributed by atoms with Crippen LogP contribution in [-0.4, -0.2) is 4.98 Å². The zero-order chi connectivity index (χ0) is 35.2. The van der Waals surface area contributed by atoms with Crippen LogP contribution < -0.4 is 0 Å². The molecule has 0 fully saturated rings. The Morgan fingerprint density at radius 3 is 1.43 bits per heavy atom. The Balaban J connectivity index is 1.20. The summed E-state index contributed by atoms with van der Waals surface area (Å²) in [6.45, 7) is 0. The minimum Gasteiger partial charge on any atom is -0.248 e. The molecule has 0 spiro atoms. The monoisotopic (exact) mass is 673 g/mol. The summed E-state index contributed by atoms with van der Waals surface area (Å²) in [5.41, 5.74) is 16.2. The fraction of sp³-hybridized carbons (Fsp3) is 0.0192. The van der Waals surface area contributed by atoms with Crippen molar-refractivity contribution < 1.29 is 0 Å². The predicted molar refractivity (Wildman–Crippen MR) is 221 cm³/mol. The highest BCUT2D eigenvalue weighted by atomic mass is 14.7. The summed E-state index contributed by atoms with van der Waals surface area (Å²) in [5, 5.41) is 2.52. The van der Waals surface area contributed by atoms with Gasteiger partial charge in [0.05, 0.1) is 16.8 Å². The standard InChI is InChI=1S/C52H35N/c1-5-17-38(18-6-1)48-34-41(35-49(53-48)39-19-7-2-8-20-39)36-29-31-37(32-30-36)46-33-40-21-13-14-26-44(40)51-50(46)45-27-15-16-28-47(45)52(51,42-22-9-3-10-23-42)43-24-11-4-12-25-43/h1-35H. The van der Waals surface area contributed by atoms with Crippen molar-refractivity contribution >= 4 is 10.8 Å². The van der Waals surface area contributed by atoms with Crippen molar-refractivity contribution in [1.29, 1.82) is 0 Å². The van der Waals surface area contributed by atoms with Crippen LogP contribution in [0.25, 0.3) is 66.7 Å². The van der Waals surface area contributed by atoms with Gasteiger partial charge in [0.15, 0.2) is 0 Å². The van der Waals surface area contributed by atoms with E-state index >= 15 is 0 Å². The Labute approximate surface area is 310 Å². The Kier molecular flexibility index (Phi) is 7.44. The molecule has 9 aromatic rings. The van der Waals surface area contributed by atoms with Gasteiger partial charge in [0.2, 0.25) is 0 Å². The lowest BCUT2D eigenvalue weighted by Crippen LogP contribution is -2.28. The summed E-state index contributed by atoms with van der Waals surface area (Å²) in [7, 11) is 0. The summed E-state index contributed by atoms with van der Waals surface area (Å²) in [6.07, 6.45) is 0. The van der Waals surface area contributed by atoms with Crippen molar-refractivity contribution in [3.05, 3.63) is 235 Å². The Morgan fingerprint density at radius 1 is 0.340 bits per heavy atom. The first-order chi connectivity index (χ1) is 26.3. The molecule has 1 aliphatic carbocycles. The number of fused-ring (bicyclic) bond motifs is 5. The second-order valence-corrected chi connectivity index (χ2v) is 13.9. The molecule has 0 N–H and O–H groups in total. The zero-order valence-electron chi connectivity index (χ0n) is 29.2. The molecule has 1 aromatic heterocycles. The molecule has 53 heavy (non-hydrogen) atoms. The van der Waals surface area contributed by atoms with Crippen molar-refractivity contribution in [2.75, 3.05) is 0 Å². The molecular formula is C52H35N. The van der Waals surface area contributed by atoms with Gasteiger partial charge in [-0.3, -0.25) is 0 Å². The fourth-order valence-corrected chi connectivity index (χ4v) is 8.60. The van der Waals surface area contributed by atoms with Crippen LogP contribution in [0.4, 0.5) is 0 Å². The first-order valence-corrected chi connectivity index (χ1v) is 18.3. The van der Waals surface area contributed by atoms with Gasteiger partial charge in [-0.15, -0.1) is 0 Å². The molecule has 1 aliphatic rings. The van der Waals surface area contributed by atoms with Gasteiger partial charge in [0.1, 0.15) is 0 Å². The van der Waals surface area contributed by atoms with Crippen LogP contribution in [0, 0.1) is 0 Å². The van der Waals surface area contributed by atoms with Crippen molar-refractivity contribution in [2.24, 2.45) is 0 Å². The first-order valence-electron chi connectivity index (χ1n) is 18.3. The summed E-state index contributed by atoms with van der Waals surface area (Å²) in [5.74, 6) is 0. The van der Waals surface area contributed by atoms with Crippen LogP contribution in [0.5, 0.6) is 0 Å². The number of aromatic nitrogens is 1. The van der Waals surface area contributed by atoms with Gasteiger partial charge in [0.25, 0.3) is 0 Å². The largest absolute Gasteiger partial charge is 0.248 e. The van der Waals surface area contributed by atoms with Crippen LogP contribution in [0.1, 0.15) is 22.3 Å². The number of rotatable bonds is 6. The van der Waals surface area contributed by atoms with Crippen molar-refractivity contribution in [2.45, 2.75) is 5.41 Å². The van der Waals surface area contributed by atoms with Gasteiger partial charge in [-0.05, 0) is 84.6 Å². The van der Waals surface area contributed by atoms with E-state index < -0.39 is 5.41 Å². The lowest BCUT2D eigenvalue weighted by Gasteiger charge is -2.35. The number of pyridine rings is 1. The minimum absolute atomic E-state index is 0.483. The highest BCUT2D eigenvalue weighted by molar-refractivity contribution is 6.06. The molecule has 248 valence electrons. The molecule has 0 atom stereocenters. The van der Waals surface area contributed by atoms with Crippen molar-refractivity contribution in [3.63, 3.8) is 0 Å². The smallest absolute Gasteiger partial charge is 0.0719 e. The molecule has 8 aromatic carbocycles. The molecule has 0 saturated carbocycles. The molecule has 0 radical (unpaired) electrons. The second-order valence-electron chi connectivity index (χ2n) is 13.9. The van der Waals surface area contributed by atoms with E-state index in [0.717, 1.165) is 33.6 Å². The third kappa shape index (κ3) is 5.05. The van der Waals surface area contributed by atoms with Crippen LogP contribution in [0.2, 0.25) is 0 Å². The van der Waals surface area contributed by atoms with E-state index in [2.05, 4.69) is 212 Å². The minimum atomic E-state index is -0.483. The van der Waals surface area contributed by atoms with Crippen molar-refractivity contribution in [3.8, 4) is 55.9 Å². The molecule has 0 unspecified atom stereocenters.